The number of aromatic nitrogens is 6. The van der Waals surface area contributed by atoms with Crippen LogP contribution in [0, 0.1) is 6.92 Å². The summed E-state index contributed by atoms with van der Waals surface area (Å²) in [5, 5.41) is 58.9. The lowest BCUT2D eigenvalue weighted by molar-refractivity contribution is -0.116. The van der Waals surface area contributed by atoms with Crippen molar-refractivity contribution in [3.63, 3.8) is 0 Å². The second-order valence-corrected chi connectivity index (χ2v) is 34.6. The van der Waals surface area contributed by atoms with E-state index in [0.29, 0.717) is 52.8 Å². The molecule has 3 aliphatic rings. The molecule has 6 heterocycles. The van der Waals surface area contributed by atoms with Crippen LogP contribution in [0.1, 0.15) is 95.5 Å². The topological polar surface area (TPSA) is 662 Å². The number of rotatable bonds is 57. The summed E-state index contributed by atoms with van der Waals surface area (Å²) in [6, 6.07) is 16.6. The van der Waals surface area contributed by atoms with E-state index in [0.717, 1.165) is 32.1 Å². The molecule has 0 aliphatic carbocycles. The number of phosphoric ester groups is 4. The Morgan fingerprint density at radius 1 is 0.535 bits per heavy atom. The lowest BCUT2D eigenvalue weighted by Crippen LogP contribution is -2.33. The Morgan fingerprint density at radius 2 is 0.984 bits per heavy atom. The average molecular weight is 1900 g/mol. The number of aromatic carboxylic acids is 1. The first-order valence-electron chi connectivity index (χ1n) is 40.5. The van der Waals surface area contributed by atoms with Gasteiger partial charge in [-0.1, -0.05) is 25.0 Å². The van der Waals surface area contributed by atoms with Gasteiger partial charge in [0.2, 0.25) is 5.91 Å². The molecule has 3 aromatic heterocycles. The van der Waals surface area contributed by atoms with E-state index in [1.807, 2.05) is 0 Å². The van der Waals surface area contributed by atoms with E-state index >= 15 is 0 Å². The van der Waals surface area contributed by atoms with Crippen LogP contribution in [0.15, 0.2) is 115 Å². The predicted molar refractivity (Wildman–Crippen MR) is 449 cm³/mol. The average Bonchev–Trinajstić information content (AvgIpc) is 1.73. The highest BCUT2D eigenvalue weighted by molar-refractivity contribution is 7.48. The summed E-state index contributed by atoms with van der Waals surface area (Å²) in [6.07, 6.45) is -3.59. The van der Waals surface area contributed by atoms with E-state index in [1.165, 1.54) is 67.8 Å². The first kappa shape index (κ1) is 102. The predicted octanol–water partition coefficient (Wildman–Crippen LogP) is 3.04. The van der Waals surface area contributed by atoms with Gasteiger partial charge >= 0.3 is 54.3 Å². The number of carbonyl (C=O) groups excluding carboxylic acids is 2. The van der Waals surface area contributed by atoms with Crippen LogP contribution in [0.2, 0.25) is 0 Å². The van der Waals surface area contributed by atoms with Crippen molar-refractivity contribution < 1.29 is 161 Å². The number of nitrogen functional groups attached to an aromatic ring is 1. The van der Waals surface area contributed by atoms with Gasteiger partial charge in [-0.3, -0.25) is 79.0 Å². The molecule has 7 unspecified atom stereocenters. The maximum atomic E-state index is 13.5. The van der Waals surface area contributed by atoms with Crippen molar-refractivity contribution in [2.75, 3.05) is 158 Å². The number of nitrogens with one attached hydrogen (secondary N) is 4. The molecule has 3 aliphatic heterocycles. The van der Waals surface area contributed by atoms with E-state index < -0.39 is 179 Å². The second kappa shape index (κ2) is 49.6. The molecule has 15 N–H and O–H groups in total. The van der Waals surface area contributed by atoms with E-state index in [1.54, 1.807) is 18.2 Å². The zero-order valence-electron chi connectivity index (χ0n) is 69.6. The smallest absolute Gasteiger partial charge is 0.472 e. The molecular weight excluding hydrogens is 1800 g/mol. The van der Waals surface area contributed by atoms with Crippen molar-refractivity contribution in [3.05, 3.63) is 166 Å². The van der Waals surface area contributed by atoms with E-state index in [4.69, 9.17) is 89.3 Å². The van der Waals surface area contributed by atoms with Crippen LogP contribution < -0.4 is 44.6 Å². The number of unbranched alkanes of at least 4 members (excludes halogenated alkanes) is 3. The van der Waals surface area contributed by atoms with Crippen LogP contribution in [0.25, 0.3) is 38.7 Å². The highest BCUT2D eigenvalue weighted by atomic mass is 31.2. The normalized spacial score (nSPS) is 20.7. The highest BCUT2D eigenvalue weighted by Gasteiger charge is 2.45. The molecule has 2 amide bonds. The number of aromatic amines is 2. The summed E-state index contributed by atoms with van der Waals surface area (Å²) in [5.74, 6) is -2.40. The number of nitrogens with two attached hydrogens (primary N) is 1. The molecule has 4 aromatic carbocycles. The summed E-state index contributed by atoms with van der Waals surface area (Å²) in [7, 11) is -19.4. The monoisotopic (exact) mass is 1900 g/mol. The largest absolute Gasteiger partial charge is 0.508 e. The molecule has 3 saturated heterocycles. The molecule has 13 atom stereocenters. The Bertz CT molecular complexity index is 5420. The van der Waals surface area contributed by atoms with E-state index in [9.17, 15) is 102 Å². The van der Waals surface area contributed by atoms with Crippen LogP contribution in [-0.2, 0) is 107 Å². The maximum Gasteiger partial charge on any atom is 0.472 e. The third-order valence-corrected chi connectivity index (χ3v) is 23.7. The molecule has 3 fully saturated rings. The Morgan fingerprint density at radius 3 is 1.49 bits per heavy atom. The number of carboxylic acid groups (broad SMARTS) is 1. The Kier molecular flexibility index (Phi) is 39.3. The number of ether oxygens (including phenoxy) is 10. The molecule has 48 nitrogen and oxygen atoms in total. The third-order valence-electron chi connectivity index (χ3n) is 19.6. The number of nitrogens with zero attached hydrogens (tertiary/aromatic N) is 4. The van der Waals surface area contributed by atoms with Gasteiger partial charge in [-0.2, -0.15) is 4.98 Å². The molecule has 0 bridgehead atoms. The van der Waals surface area contributed by atoms with Crippen LogP contribution in [0.3, 0.4) is 0 Å². The van der Waals surface area contributed by atoms with Crippen molar-refractivity contribution in [1.82, 2.24) is 39.3 Å². The standard InChI is InChI=1S/C77H103N9O39P4/c1-48-43-85(76(98)82-71(48)92)68-41-60(62(45-87)121-68)124-128(104,105)117-34-30-113-25-23-110-21-19-108-18-20-109-22-24-111-29-33-116-127(102,103)120-47-64-61(125-129(106,107)118-35-31-114-27-26-112-28-32-115-126(100,101)119-46-63-59(90)40-67(122-63)84-17-14-65(78)81-75(84)97)42-69(123-64)86-44-50(73(94)83-77(86)99)7-13-66(91)79-15-4-2-3-5-16-80-72(93)49-6-10-57(74(95)96)58(39-49)70-55-11-8-53(88)37-51(55)36-52-38-54(89)9-12-56(52)70/h6-14,17,36-39,43-44,59-64,67-69,87-90H,2-5,15-16,18-35,40-42,45-47H2,1H3,(H,79,91)(H,80,93)(H,95,96)(H,100,101)(H,102,103)(H,104,105)(H,106,107)(H2,78,81,97)(H,82,92,98)(H,83,94,99)/t59?,60?,61?,62-,63-,64-,67-,68-,69-/m1/s1. The number of aromatic hydroxyl groups is 2. The number of phenolic OH excluding ortho intramolecular Hbond substituents is 2. The van der Waals surface area contributed by atoms with Gasteiger partial charge in [0.25, 0.3) is 17.0 Å². The Labute approximate surface area is 733 Å². The lowest BCUT2D eigenvalue weighted by atomic mass is 9.88. The number of hydrogen-bond acceptors (Lipinski definition) is 36. The zero-order valence-corrected chi connectivity index (χ0v) is 73.2. The van der Waals surface area contributed by atoms with Crippen molar-refractivity contribution in [2.24, 2.45) is 0 Å². The number of aliphatic hydroxyl groups excluding tert-OH is 2. The number of aliphatic hydroxyl groups is 2. The molecule has 10 rings (SSSR count). The minimum Gasteiger partial charge on any atom is -0.508 e. The van der Waals surface area contributed by atoms with Gasteiger partial charge in [0.05, 0.1) is 156 Å². The number of phosphoric acid groups is 4. The summed E-state index contributed by atoms with van der Waals surface area (Å²) < 4.78 is 151. The molecule has 0 radical (unpaired) electrons. The van der Waals surface area contributed by atoms with Crippen LogP contribution >= 0.6 is 31.3 Å². The van der Waals surface area contributed by atoms with E-state index in [-0.39, 0.29) is 170 Å². The molecule has 129 heavy (non-hydrogen) atoms. The van der Waals surface area contributed by atoms with Crippen molar-refractivity contribution >= 4 is 82.5 Å². The molecule has 0 saturated carbocycles. The number of carboxylic acids is 1. The van der Waals surface area contributed by atoms with Crippen LogP contribution in [-0.4, -0.2) is 280 Å². The summed E-state index contributed by atoms with van der Waals surface area (Å²) >= 11 is 0. The number of carbonyl (C=O) groups is 3. The molecule has 52 heteroatoms. The molecule has 0 spiro atoms. The number of phenols is 2. The number of hydrogen-bond donors (Lipinski definition) is 14. The Balaban J connectivity index is 0.619. The van der Waals surface area contributed by atoms with Gasteiger partial charge in [-0.05, 0) is 113 Å². The molecule has 710 valence electrons. The van der Waals surface area contributed by atoms with E-state index in [2.05, 4.69) is 25.6 Å². The van der Waals surface area contributed by atoms with Gasteiger partial charge in [0, 0.05) is 68.1 Å². The first-order chi connectivity index (χ1) is 61.6. The number of H-pyrrole nitrogens is 2. The van der Waals surface area contributed by atoms with Gasteiger partial charge in [0.1, 0.15) is 66.5 Å². The lowest BCUT2D eigenvalue weighted by Gasteiger charge is -2.22. The van der Waals surface area contributed by atoms with Crippen LogP contribution in [0.5, 0.6) is 11.5 Å². The highest BCUT2D eigenvalue weighted by Crippen LogP contribution is 2.52. The van der Waals surface area contributed by atoms with Crippen LogP contribution in [0.4, 0.5) is 5.82 Å². The molecule has 7 aromatic rings. The summed E-state index contributed by atoms with van der Waals surface area (Å²) in [4.78, 5) is 152. The number of benzene rings is 4. The SMILES string of the molecule is Cc1cn([C@H]2CC(OP(=O)(O)OCCOCCOCCOCCOCCOCCOP(=O)(O)OC[C@H]3O[C@@H](n4cc(C=CC(=O)NCCCCCCNC(=O)c5ccc(C(=O)O)c(-c6c7ccc(O)cc7cc7cc(O)ccc67)c5)c(=O)[nH]c4=O)CC3OP(=O)(O)OCCOCCOCCOP(=O)(O)OC[C@H]3O[C@@H](n4ccc(N)nc4=O)CC3O)[C@@H](CO)O2)c(=O)[nH]c1=O. The summed E-state index contributed by atoms with van der Waals surface area (Å²) in [5.41, 5.74) is 2.29. The number of fused-ring (bicyclic) bond motifs is 2. The number of amides is 2. The van der Waals surface area contributed by atoms with Gasteiger partial charge in [-0.15, -0.1) is 0 Å². The quantitative estimate of drug-likeness (QED) is 0.0113. The second-order valence-electron chi connectivity index (χ2n) is 28.9. The molecular formula is C77H103N9O39P4. The zero-order chi connectivity index (χ0) is 92.8. The fourth-order valence-corrected chi connectivity index (χ4v) is 16.7. The first-order valence-corrected chi connectivity index (χ1v) is 46.5. The van der Waals surface area contributed by atoms with Crippen molar-refractivity contribution in [2.45, 2.75) is 107 Å². The fraction of sp³-hybridized carbons (Fsp3) is 0.519. The maximum absolute atomic E-state index is 13.5. The third kappa shape index (κ3) is 32.0. The summed E-state index contributed by atoms with van der Waals surface area (Å²) in [6.45, 7) is -2.09. The number of anilines is 1. The minimum atomic E-state index is -5.11. The van der Waals surface area contributed by atoms with Gasteiger partial charge in [0.15, 0.2) is 0 Å². The minimum absolute atomic E-state index is 0.0154. The van der Waals surface area contributed by atoms with Gasteiger partial charge in [-0.25, -0.2) is 37.4 Å². The van der Waals surface area contributed by atoms with Crippen molar-refractivity contribution in [1.29, 1.82) is 0 Å². The fourth-order valence-electron chi connectivity index (χ4n) is 13.4. The van der Waals surface area contributed by atoms with Gasteiger partial charge < -0.3 is 109 Å². The number of aryl methyl sites for hydroxylation is 1. The van der Waals surface area contributed by atoms with Crippen molar-refractivity contribution in [3.8, 4) is 22.6 Å². The Hall–Kier alpha value is -8.85.